The van der Waals surface area contributed by atoms with Crippen LogP contribution in [0.5, 0.6) is 0 Å². The van der Waals surface area contributed by atoms with E-state index in [4.69, 9.17) is 0 Å². The van der Waals surface area contributed by atoms with Crippen molar-refractivity contribution in [3.05, 3.63) is 0 Å². The summed E-state index contributed by atoms with van der Waals surface area (Å²) in [7, 11) is 0. The Morgan fingerprint density at radius 3 is 2.36 bits per heavy atom. The van der Waals surface area contributed by atoms with Crippen molar-refractivity contribution in [3.63, 3.8) is 0 Å². The third-order valence-electron chi connectivity index (χ3n) is 1.66. The molecule has 0 bridgehead atoms. The zero-order valence-electron chi connectivity index (χ0n) is 7.36. The lowest BCUT2D eigenvalue weighted by Gasteiger charge is -2.18. The highest BCUT2D eigenvalue weighted by atomic mass is 79.9. The Labute approximate surface area is 76.9 Å². The number of hydrogen-bond donors (Lipinski definition) is 1. The molecule has 1 N–H and O–H groups in total. The Bertz CT molecular complexity index is 125. The maximum absolute atomic E-state index is 11.0. The standard InChI is InChI=1S/C8H16BrNO/c1-4-7(6(3)9)10-8(11)5-2/h6-7H,4-5H2,1-3H3,(H,10,11). The van der Waals surface area contributed by atoms with Gasteiger partial charge in [0.15, 0.2) is 0 Å². The first-order valence-corrected chi connectivity index (χ1v) is 4.96. The molecule has 0 radical (unpaired) electrons. The summed E-state index contributed by atoms with van der Waals surface area (Å²) in [6, 6.07) is 0.266. The Kier molecular flexibility index (Phi) is 5.56. The fourth-order valence-electron chi connectivity index (χ4n) is 0.851. The molecule has 0 aliphatic carbocycles. The highest BCUT2D eigenvalue weighted by Gasteiger charge is 2.13. The molecular formula is C8H16BrNO. The SMILES string of the molecule is CCC(=O)NC(CC)C(C)Br. The molecule has 0 spiro atoms. The summed E-state index contributed by atoms with van der Waals surface area (Å²) in [5.74, 6) is 0.128. The molecule has 3 heteroatoms. The molecule has 0 saturated carbocycles. The van der Waals surface area contributed by atoms with Crippen LogP contribution in [0.25, 0.3) is 0 Å². The Morgan fingerprint density at radius 2 is 2.09 bits per heavy atom. The van der Waals surface area contributed by atoms with Gasteiger partial charge in [0.05, 0.1) is 0 Å². The Balaban J connectivity index is 3.78. The molecule has 2 nitrogen and oxygen atoms in total. The summed E-state index contributed by atoms with van der Waals surface area (Å²) in [5, 5.41) is 2.93. The van der Waals surface area contributed by atoms with E-state index in [1.807, 2.05) is 13.8 Å². The van der Waals surface area contributed by atoms with Crippen LogP contribution in [-0.2, 0) is 4.79 Å². The van der Waals surface area contributed by atoms with Crippen LogP contribution in [-0.4, -0.2) is 16.8 Å². The largest absolute Gasteiger partial charge is 0.352 e. The molecule has 0 aliphatic heterocycles. The van der Waals surface area contributed by atoms with Gasteiger partial charge in [0.25, 0.3) is 0 Å². The molecule has 0 rings (SSSR count). The normalized spacial score (nSPS) is 15.6. The Hall–Kier alpha value is -0.0500. The third-order valence-corrected chi connectivity index (χ3v) is 2.30. The molecule has 11 heavy (non-hydrogen) atoms. The second-order valence-electron chi connectivity index (χ2n) is 2.61. The molecule has 2 unspecified atom stereocenters. The van der Waals surface area contributed by atoms with E-state index in [9.17, 15) is 4.79 Å². The minimum absolute atomic E-state index is 0.128. The van der Waals surface area contributed by atoms with E-state index in [0.29, 0.717) is 11.2 Å². The third kappa shape index (κ3) is 4.40. The topological polar surface area (TPSA) is 29.1 Å². The smallest absolute Gasteiger partial charge is 0.219 e. The number of rotatable bonds is 4. The summed E-state index contributed by atoms with van der Waals surface area (Å²) in [6.45, 7) is 5.98. The second-order valence-corrected chi connectivity index (χ2v) is 4.06. The summed E-state index contributed by atoms with van der Waals surface area (Å²) in [5.41, 5.74) is 0. The lowest BCUT2D eigenvalue weighted by Crippen LogP contribution is -2.38. The predicted molar refractivity (Wildman–Crippen MR) is 50.9 cm³/mol. The van der Waals surface area contributed by atoms with Crippen LogP contribution in [0.3, 0.4) is 0 Å². The van der Waals surface area contributed by atoms with Gasteiger partial charge in [-0.2, -0.15) is 0 Å². The minimum Gasteiger partial charge on any atom is -0.352 e. The zero-order valence-corrected chi connectivity index (χ0v) is 8.94. The number of hydrogen-bond acceptors (Lipinski definition) is 1. The quantitative estimate of drug-likeness (QED) is 0.725. The van der Waals surface area contributed by atoms with Gasteiger partial charge in [-0.05, 0) is 6.42 Å². The highest BCUT2D eigenvalue weighted by molar-refractivity contribution is 9.09. The van der Waals surface area contributed by atoms with E-state index in [1.165, 1.54) is 0 Å². The summed E-state index contributed by atoms with van der Waals surface area (Å²) in [6.07, 6.45) is 1.54. The van der Waals surface area contributed by atoms with Crippen LogP contribution in [0.2, 0.25) is 0 Å². The van der Waals surface area contributed by atoms with E-state index >= 15 is 0 Å². The maximum atomic E-state index is 11.0. The van der Waals surface area contributed by atoms with Crippen molar-refractivity contribution in [1.29, 1.82) is 0 Å². The minimum atomic E-state index is 0.128. The molecule has 0 aromatic carbocycles. The van der Waals surface area contributed by atoms with Gasteiger partial charge in [0.2, 0.25) is 5.91 Å². The number of carbonyl (C=O) groups excluding carboxylic acids is 1. The van der Waals surface area contributed by atoms with Crippen LogP contribution in [0, 0.1) is 0 Å². The summed E-state index contributed by atoms with van der Waals surface area (Å²) >= 11 is 3.44. The van der Waals surface area contributed by atoms with Crippen molar-refractivity contribution in [2.75, 3.05) is 0 Å². The van der Waals surface area contributed by atoms with E-state index in [1.54, 1.807) is 0 Å². The number of alkyl halides is 1. The van der Waals surface area contributed by atoms with E-state index in [0.717, 1.165) is 6.42 Å². The number of carbonyl (C=O) groups is 1. The van der Waals surface area contributed by atoms with E-state index in [-0.39, 0.29) is 11.9 Å². The first kappa shape index (κ1) is 11.0. The fraction of sp³-hybridized carbons (Fsp3) is 0.875. The molecule has 0 heterocycles. The van der Waals surface area contributed by atoms with Crippen molar-refractivity contribution in [2.24, 2.45) is 0 Å². The van der Waals surface area contributed by atoms with E-state index in [2.05, 4.69) is 28.2 Å². The zero-order chi connectivity index (χ0) is 8.85. The molecule has 0 aliphatic rings. The summed E-state index contributed by atoms with van der Waals surface area (Å²) in [4.78, 5) is 11.3. The Morgan fingerprint density at radius 1 is 1.55 bits per heavy atom. The fourth-order valence-corrected chi connectivity index (χ4v) is 1.36. The average Bonchev–Trinajstić information content (AvgIpc) is 1.99. The van der Waals surface area contributed by atoms with Crippen molar-refractivity contribution in [1.82, 2.24) is 5.32 Å². The van der Waals surface area contributed by atoms with Crippen molar-refractivity contribution >= 4 is 21.8 Å². The monoisotopic (exact) mass is 221 g/mol. The van der Waals surface area contributed by atoms with Gasteiger partial charge < -0.3 is 5.32 Å². The summed E-state index contributed by atoms with van der Waals surface area (Å²) < 4.78 is 0. The molecule has 66 valence electrons. The van der Waals surface area contributed by atoms with Gasteiger partial charge in [-0.1, -0.05) is 36.7 Å². The maximum Gasteiger partial charge on any atom is 0.219 e. The van der Waals surface area contributed by atoms with Gasteiger partial charge in [-0.3, -0.25) is 4.79 Å². The van der Waals surface area contributed by atoms with Crippen LogP contribution < -0.4 is 5.32 Å². The lowest BCUT2D eigenvalue weighted by molar-refractivity contribution is -0.121. The molecular weight excluding hydrogens is 206 g/mol. The highest BCUT2D eigenvalue weighted by Crippen LogP contribution is 2.07. The second kappa shape index (κ2) is 5.58. The van der Waals surface area contributed by atoms with Gasteiger partial charge in [0.1, 0.15) is 0 Å². The average molecular weight is 222 g/mol. The van der Waals surface area contributed by atoms with Gasteiger partial charge in [-0.15, -0.1) is 0 Å². The number of amides is 1. The van der Waals surface area contributed by atoms with Crippen molar-refractivity contribution < 1.29 is 4.79 Å². The van der Waals surface area contributed by atoms with Crippen molar-refractivity contribution in [3.8, 4) is 0 Å². The van der Waals surface area contributed by atoms with Crippen molar-refractivity contribution in [2.45, 2.75) is 44.5 Å². The number of nitrogens with one attached hydrogen (secondary N) is 1. The van der Waals surface area contributed by atoms with Gasteiger partial charge >= 0.3 is 0 Å². The van der Waals surface area contributed by atoms with Crippen LogP contribution in [0.1, 0.15) is 33.6 Å². The molecule has 0 fully saturated rings. The van der Waals surface area contributed by atoms with Crippen LogP contribution in [0.4, 0.5) is 0 Å². The lowest BCUT2D eigenvalue weighted by atomic mass is 10.1. The van der Waals surface area contributed by atoms with Gasteiger partial charge in [-0.25, -0.2) is 0 Å². The molecule has 2 atom stereocenters. The molecule has 1 amide bonds. The molecule has 0 saturated heterocycles. The predicted octanol–water partition coefficient (Wildman–Crippen LogP) is 2.07. The molecule has 0 aromatic rings. The number of halogens is 1. The van der Waals surface area contributed by atoms with E-state index < -0.39 is 0 Å². The molecule has 0 aromatic heterocycles. The van der Waals surface area contributed by atoms with Crippen LogP contribution >= 0.6 is 15.9 Å². The first-order valence-electron chi connectivity index (χ1n) is 4.05. The first-order chi connectivity index (χ1) is 5.11. The van der Waals surface area contributed by atoms with Crippen LogP contribution in [0.15, 0.2) is 0 Å². The van der Waals surface area contributed by atoms with Gasteiger partial charge in [0, 0.05) is 17.3 Å².